The first-order valence-electron chi connectivity index (χ1n) is 8.22. The molecule has 0 saturated heterocycles. The summed E-state index contributed by atoms with van der Waals surface area (Å²) < 4.78 is 5.40. The van der Waals surface area contributed by atoms with Gasteiger partial charge in [-0.15, -0.1) is 0 Å². The first-order chi connectivity index (χ1) is 12.5. The molecule has 3 amide bonds. The number of thioether (sulfide) groups is 1. The molecule has 0 fully saturated rings. The molecule has 0 aliphatic heterocycles. The highest BCUT2D eigenvalue weighted by Gasteiger charge is 2.21. The lowest BCUT2D eigenvalue weighted by Crippen LogP contribution is -2.48. The van der Waals surface area contributed by atoms with Crippen LogP contribution in [0, 0.1) is 0 Å². The number of nitrogens with one attached hydrogen (secondary N) is 3. The smallest absolute Gasteiger partial charge is 0.407 e. The average molecular weight is 446 g/mol. The summed E-state index contributed by atoms with van der Waals surface area (Å²) in [5.41, 5.74) is 0.471. The summed E-state index contributed by atoms with van der Waals surface area (Å²) in [5, 5.41) is 8.01. The number of hydrogen-bond donors (Lipinski definition) is 3. The van der Waals surface area contributed by atoms with E-state index in [1.807, 2.05) is 12.3 Å². The minimum atomic E-state index is -0.648. The first kappa shape index (κ1) is 22.3. The van der Waals surface area contributed by atoms with Gasteiger partial charge in [-0.2, -0.15) is 11.8 Å². The second-order valence-corrected chi connectivity index (χ2v) is 7.07. The quantitative estimate of drug-likeness (QED) is 0.479. The van der Waals surface area contributed by atoms with Gasteiger partial charge in [0.05, 0.1) is 12.2 Å². The van der Waals surface area contributed by atoms with Crippen LogP contribution in [-0.2, 0) is 9.53 Å². The molecule has 7 nitrogen and oxygen atoms in total. The third-order valence-corrected chi connectivity index (χ3v) is 4.66. The Hall–Kier alpha value is -1.74. The van der Waals surface area contributed by atoms with E-state index in [2.05, 4.69) is 31.9 Å². The third-order valence-electron chi connectivity index (χ3n) is 3.32. The Morgan fingerprint density at radius 1 is 1.19 bits per heavy atom. The predicted molar refractivity (Wildman–Crippen MR) is 106 cm³/mol. The van der Waals surface area contributed by atoms with Crippen LogP contribution in [-0.4, -0.2) is 55.7 Å². The molecule has 1 rings (SSSR count). The van der Waals surface area contributed by atoms with E-state index in [1.54, 1.807) is 36.9 Å². The topological polar surface area (TPSA) is 96.5 Å². The highest BCUT2D eigenvalue weighted by molar-refractivity contribution is 9.10. The predicted octanol–water partition coefficient (Wildman–Crippen LogP) is 2.16. The number of carbonyl (C=O) groups is 3. The standard InChI is InChI=1S/C17H24BrN3O4S/c1-3-25-17(24)20-10-9-19-16(23)14(8-11-26-2)21-15(22)12-6-4-5-7-13(12)18/h4-7,14H,3,8-11H2,1-2H3,(H,19,23)(H,20,24)(H,21,22). The van der Waals surface area contributed by atoms with Crippen LogP contribution in [0.15, 0.2) is 28.7 Å². The van der Waals surface area contributed by atoms with E-state index < -0.39 is 12.1 Å². The van der Waals surface area contributed by atoms with Crippen LogP contribution >= 0.6 is 27.7 Å². The maximum absolute atomic E-state index is 12.4. The Balaban J connectivity index is 2.56. The fraction of sp³-hybridized carbons (Fsp3) is 0.471. The maximum atomic E-state index is 12.4. The van der Waals surface area contributed by atoms with E-state index in [1.165, 1.54) is 0 Å². The molecular formula is C17H24BrN3O4S. The zero-order valence-electron chi connectivity index (χ0n) is 14.8. The summed E-state index contributed by atoms with van der Waals surface area (Å²) in [7, 11) is 0. The van der Waals surface area contributed by atoms with Crippen molar-refractivity contribution in [2.75, 3.05) is 31.7 Å². The Bertz CT molecular complexity index is 615. The SMILES string of the molecule is CCOC(=O)NCCNC(=O)C(CCSC)NC(=O)c1ccccc1Br. The Morgan fingerprint density at radius 3 is 2.54 bits per heavy atom. The molecule has 0 bridgehead atoms. The fourth-order valence-electron chi connectivity index (χ4n) is 2.04. The lowest BCUT2D eigenvalue weighted by atomic mass is 10.1. The summed E-state index contributed by atoms with van der Waals surface area (Å²) in [6.07, 6.45) is 1.92. The number of halogens is 1. The van der Waals surface area contributed by atoms with E-state index in [0.29, 0.717) is 16.5 Å². The van der Waals surface area contributed by atoms with Gasteiger partial charge in [0.2, 0.25) is 5.91 Å². The van der Waals surface area contributed by atoms with Crippen molar-refractivity contribution in [3.05, 3.63) is 34.3 Å². The van der Waals surface area contributed by atoms with Crippen LogP contribution in [0.3, 0.4) is 0 Å². The van der Waals surface area contributed by atoms with Gasteiger partial charge in [-0.1, -0.05) is 12.1 Å². The van der Waals surface area contributed by atoms with Crippen molar-refractivity contribution < 1.29 is 19.1 Å². The van der Waals surface area contributed by atoms with Crippen molar-refractivity contribution in [3.63, 3.8) is 0 Å². The largest absolute Gasteiger partial charge is 0.450 e. The Labute approximate surface area is 166 Å². The highest BCUT2D eigenvalue weighted by atomic mass is 79.9. The molecule has 0 spiro atoms. The van der Waals surface area contributed by atoms with E-state index in [0.717, 1.165) is 5.75 Å². The van der Waals surface area contributed by atoms with Crippen molar-refractivity contribution in [2.24, 2.45) is 0 Å². The summed E-state index contributed by atoms with van der Waals surface area (Å²) >= 11 is 4.93. The van der Waals surface area contributed by atoms with Gasteiger partial charge in [0.15, 0.2) is 0 Å². The molecule has 0 heterocycles. The summed E-state index contributed by atoms with van der Waals surface area (Å²) in [5.74, 6) is 0.128. The number of amides is 3. The number of benzene rings is 1. The van der Waals surface area contributed by atoms with Gasteiger partial charge in [0, 0.05) is 17.6 Å². The van der Waals surface area contributed by atoms with Crippen LogP contribution in [0.25, 0.3) is 0 Å². The molecule has 1 unspecified atom stereocenters. The summed E-state index contributed by atoms with van der Waals surface area (Å²) in [4.78, 5) is 36.0. The lowest BCUT2D eigenvalue weighted by molar-refractivity contribution is -0.122. The molecule has 1 atom stereocenters. The van der Waals surface area contributed by atoms with Gasteiger partial charge >= 0.3 is 6.09 Å². The van der Waals surface area contributed by atoms with Gasteiger partial charge in [-0.3, -0.25) is 9.59 Å². The minimum Gasteiger partial charge on any atom is -0.450 e. The van der Waals surface area contributed by atoms with E-state index in [-0.39, 0.29) is 31.5 Å². The molecule has 0 saturated carbocycles. The molecular weight excluding hydrogens is 422 g/mol. The van der Waals surface area contributed by atoms with Crippen LogP contribution in [0.4, 0.5) is 4.79 Å². The van der Waals surface area contributed by atoms with E-state index >= 15 is 0 Å². The van der Waals surface area contributed by atoms with Crippen molar-refractivity contribution in [3.8, 4) is 0 Å². The normalized spacial score (nSPS) is 11.3. The number of alkyl carbamates (subject to hydrolysis) is 1. The zero-order chi connectivity index (χ0) is 19.4. The van der Waals surface area contributed by atoms with E-state index in [9.17, 15) is 14.4 Å². The molecule has 9 heteroatoms. The molecule has 0 aliphatic rings. The molecule has 3 N–H and O–H groups in total. The monoisotopic (exact) mass is 445 g/mol. The third kappa shape index (κ3) is 8.09. The Morgan fingerprint density at radius 2 is 1.88 bits per heavy atom. The maximum Gasteiger partial charge on any atom is 0.407 e. The first-order valence-corrected chi connectivity index (χ1v) is 10.4. The summed E-state index contributed by atoms with van der Waals surface area (Å²) in [6, 6.07) is 6.39. The van der Waals surface area contributed by atoms with Crippen molar-refractivity contribution >= 4 is 45.6 Å². The number of ether oxygens (including phenoxy) is 1. The summed E-state index contributed by atoms with van der Waals surface area (Å²) in [6.45, 7) is 2.50. The minimum absolute atomic E-state index is 0.248. The van der Waals surface area contributed by atoms with Crippen molar-refractivity contribution in [1.82, 2.24) is 16.0 Å². The number of carbonyl (C=O) groups excluding carboxylic acids is 3. The zero-order valence-corrected chi connectivity index (χ0v) is 17.2. The lowest BCUT2D eigenvalue weighted by Gasteiger charge is -2.18. The molecule has 144 valence electrons. The van der Waals surface area contributed by atoms with Crippen LogP contribution in [0.1, 0.15) is 23.7 Å². The van der Waals surface area contributed by atoms with Crippen molar-refractivity contribution in [1.29, 1.82) is 0 Å². The fourth-order valence-corrected chi connectivity index (χ4v) is 2.98. The molecule has 0 aliphatic carbocycles. The van der Waals surface area contributed by atoms with Gasteiger partial charge < -0.3 is 20.7 Å². The van der Waals surface area contributed by atoms with Crippen LogP contribution in [0.5, 0.6) is 0 Å². The average Bonchev–Trinajstić information content (AvgIpc) is 2.62. The van der Waals surface area contributed by atoms with Gasteiger partial charge in [-0.25, -0.2) is 4.79 Å². The Kier molecular flexibility index (Phi) is 10.8. The van der Waals surface area contributed by atoms with E-state index in [4.69, 9.17) is 4.74 Å². The molecule has 1 aromatic carbocycles. The number of hydrogen-bond acceptors (Lipinski definition) is 5. The van der Waals surface area contributed by atoms with Gasteiger partial charge in [0.25, 0.3) is 5.91 Å². The molecule has 0 aromatic heterocycles. The van der Waals surface area contributed by atoms with Gasteiger partial charge in [-0.05, 0) is 53.4 Å². The highest BCUT2D eigenvalue weighted by Crippen LogP contribution is 2.16. The van der Waals surface area contributed by atoms with Crippen LogP contribution in [0.2, 0.25) is 0 Å². The van der Waals surface area contributed by atoms with Crippen LogP contribution < -0.4 is 16.0 Å². The van der Waals surface area contributed by atoms with Gasteiger partial charge in [0.1, 0.15) is 6.04 Å². The molecule has 0 radical (unpaired) electrons. The van der Waals surface area contributed by atoms with Crippen molar-refractivity contribution in [2.45, 2.75) is 19.4 Å². The molecule has 1 aromatic rings. The second-order valence-electron chi connectivity index (χ2n) is 5.23. The second kappa shape index (κ2) is 12.6. The number of rotatable bonds is 10. The molecule has 26 heavy (non-hydrogen) atoms.